The lowest BCUT2D eigenvalue weighted by atomic mass is 10.2. The summed E-state index contributed by atoms with van der Waals surface area (Å²) >= 11 is 9.30. The maximum atomic E-state index is 11.9. The van der Waals surface area contributed by atoms with Crippen molar-refractivity contribution in [2.24, 2.45) is 4.99 Å². The quantitative estimate of drug-likeness (QED) is 0.585. The maximum Gasteiger partial charge on any atom is 0.363 e. The third kappa shape index (κ3) is 3.23. The first-order chi connectivity index (χ1) is 10.1. The number of cyclic esters (lactones) is 1. The predicted molar refractivity (Wildman–Crippen MR) is 86.2 cm³/mol. The molecule has 5 heteroatoms. The highest BCUT2D eigenvalue weighted by atomic mass is 79.9. The van der Waals surface area contributed by atoms with Crippen LogP contribution < -0.4 is 0 Å². The molecule has 1 heterocycles. The molecule has 0 unspecified atom stereocenters. The number of hydrogen-bond acceptors (Lipinski definition) is 3. The summed E-state index contributed by atoms with van der Waals surface area (Å²) in [5.41, 5.74) is 1.80. The maximum absolute atomic E-state index is 11.9. The van der Waals surface area contributed by atoms with E-state index >= 15 is 0 Å². The molecule has 21 heavy (non-hydrogen) atoms. The Bertz CT molecular complexity index is 783. The first kappa shape index (κ1) is 14.0. The molecule has 0 bridgehead atoms. The molecule has 2 aromatic rings. The molecule has 104 valence electrons. The van der Waals surface area contributed by atoms with Crippen LogP contribution in [0.15, 0.2) is 63.7 Å². The first-order valence-electron chi connectivity index (χ1n) is 6.16. The minimum Gasteiger partial charge on any atom is -0.402 e. The number of esters is 1. The Hall–Kier alpha value is -1.91. The van der Waals surface area contributed by atoms with E-state index in [9.17, 15) is 4.79 Å². The second kappa shape index (κ2) is 5.84. The third-order valence-corrected chi connectivity index (χ3v) is 3.57. The topological polar surface area (TPSA) is 38.7 Å². The van der Waals surface area contributed by atoms with Crippen LogP contribution >= 0.6 is 27.5 Å². The van der Waals surface area contributed by atoms with Crippen molar-refractivity contribution in [3.63, 3.8) is 0 Å². The Balaban J connectivity index is 1.95. The highest BCUT2D eigenvalue weighted by Gasteiger charge is 2.24. The summed E-state index contributed by atoms with van der Waals surface area (Å²) in [6.45, 7) is 0. The summed E-state index contributed by atoms with van der Waals surface area (Å²) in [7, 11) is 0. The zero-order chi connectivity index (χ0) is 14.8. The van der Waals surface area contributed by atoms with Crippen LogP contribution in [0.3, 0.4) is 0 Å². The molecular formula is C16H9BrClNO2. The number of aliphatic imine (C=N–C) groups is 1. The molecule has 2 aromatic carbocycles. The van der Waals surface area contributed by atoms with E-state index in [4.69, 9.17) is 16.3 Å². The highest BCUT2D eigenvalue weighted by Crippen LogP contribution is 2.22. The van der Waals surface area contributed by atoms with Crippen molar-refractivity contribution in [1.29, 1.82) is 0 Å². The van der Waals surface area contributed by atoms with Gasteiger partial charge in [0.15, 0.2) is 5.70 Å². The average Bonchev–Trinajstić information content (AvgIpc) is 2.80. The second-order valence-electron chi connectivity index (χ2n) is 4.40. The van der Waals surface area contributed by atoms with E-state index in [1.807, 2.05) is 36.4 Å². The lowest BCUT2D eigenvalue weighted by Crippen LogP contribution is -2.05. The molecule has 0 atom stereocenters. The van der Waals surface area contributed by atoms with Gasteiger partial charge < -0.3 is 4.74 Å². The van der Waals surface area contributed by atoms with Crippen LogP contribution in [0.2, 0.25) is 5.02 Å². The number of benzene rings is 2. The molecule has 3 rings (SSSR count). The number of halogens is 2. The van der Waals surface area contributed by atoms with Crippen molar-refractivity contribution in [3.05, 3.63) is 74.9 Å². The van der Waals surface area contributed by atoms with Gasteiger partial charge in [-0.05, 0) is 42.0 Å². The van der Waals surface area contributed by atoms with E-state index in [-0.39, 0.29) is 5.70 Å². The fourth-order valence-electron chi connectivity index (χ4n) is 1.91. The van der Waals surface area contributed by atoms with Gasteiger partial charge in [0.05, 0.1) is 0 Å². The SMILES string of the molecule is O=C1OC(c2cccc(Br)c2)=N/C1=C\c1cccc(Cl)c1. The predicted octanol–water partition coefficient (Wildman–Crippen LogP) is 4.45. The van der Waals surface area contributed by atoms with Crippen molar-refractivity contribution >= 4 is 45.5 Å². The van der Waals surface area contributed by atoms with Gasteiger partial charge in [-0.25, -0.2) is 9.79 Å². The zero-order valence-electron chi connectivity index (χ0n) is 10.7. The average molecular weight is 363 g/mol. The largest absolute Gasteiger partial charge is 0.402 e. The third-order valence-electron chi connectivity index (χ3n) is 2.84. The van der Waals surface area contributed by atoms with Gasteiger partial charge in [-0.15, -0.1) is 0 Å². The lowest BCUT2D eigenvalue weighted by Gasteiger charge is -1.99. The molecule has 3 nitrogen and oxygen atoms in total. The number of nitrogens with zero attached hydrogens (tertiary/aromatic N) is 1. The van der Waals surface area contributed by atoms with Gasteiger partial charge in [0.25, 0.3) is 0 Å². The molecule has 0 saturated carbocycles. The van der Waals surface area contributed by atoms with Crippen molar-refractivity contribution in [3.8, 4) is 0 Å². The van der Waals surface area contributed by atoms with Gasteiger partial charge >= 0.3 is 5.97 Å². The second-order valence-corrected chi connectivity index (χ2v) is 5.75. The molecule has 0 fully saturated rings. The number of hydrogen-bond donors (Lipinski definition) is 0. The molecule has 0 aromatic heterocycles. The number of rotatable bonds is 2. The number of carbonyl (C=O) groups excluding carboxylic acids is 1. The van der Waals surface area contributed by atoms with E-state index in [1.54, 1.807) is 18.2 Å². The molecule has 1 aliphatic rings. The fourth-order valence-corrected chi connectivity index (χ4v) is 2.51. The summed E-state index contributed by atoms with van der Waals surface area (Å²) < 4.78 is 6.10. The smallest absolute Gasteiger partial charge is 0.363 e. The minimum absolute atomic E-state index is 0.257. The van der Waals surface area contributed by atoms with Gasteiger partial charge in [-0.3, -0.25) is 0 Å². The number of ether oxygens (including phenoxy) is 1. The van der Waals surface area contributed by atoms with E-state index in [0.29, 0.717) is 10.9 Å². The molecule has 0 N–H and O–H groups in total. The van der Waals surface area contributed by atoms with Gasteiger partial charge in [-0.2, -0.15) is 0 Å². The van der Waals surface area contributed by atoms with E-state index in [0.717, 1.165) is 15.6 Å². The molecule has 0 spiro atoms. The Labute approximate surface area is 135 Å². The van der Waals surface area contributed by atoms with Gasteiger partial charge in [0, 0.05) is 15.1 Å². The monoisotopic (exact) mass is 361 g/mol. The van der Waals surface area contributed by atoms with Crippen molar-refractivity contribution in [1.82, 2.24) is 0 Å². The van der Waals surface area contributed by atoms with E-state index in [2.05, 4.69) is 20.9 Å². The normalized spacial score (nSPS) is 16.0. The summed E-state index contributed by atoms with van der Waals surface area (Å²) in [5, 5.41) is 0.604. The van der Waals surface area contributed by atoms with Crippen molar-refractivity contribution in [2.75, 3.05) is 0 Å². The Kier molecular flexibility index (Phi) is 3.90. The Morgan fingerprint density at radius 2 is 1.95 bits per heavy atom. The van der Waals surface area contributed by atoms with Crippen LogP contribution in [0.4, 0.5) is 0 Å². The van der Waals surface area contributed by atoms with Crippen LogP contribution in [0, 0.1) is 0 Å². The molecule has 0 aliphatic carbocycles. The summed E-state index contributed by atoms with van der Waals surface area (Å²) in [6.07, 6.45) is 1.65. The van der Waals surface area contributed by atoms with Crippen LogP contribution in [-0.2, 0) is 9.53 Å². The first-order valence-corrected chi connectivity index (χ1v) is 7.33. The van der Waals surface area contributed by atoms with Crippen molar-refractivity contribution < 1.29 is 9.53 Å². The molecule has 0 radical (unpaired) electrons. The van der Waals surface area contributed by atoms with Crippen LogP contribution in [0.5, 0.6) is 0 Å². The minimum atomic E-state index is -0.468. The number of carbonyl (C=O) groups is 1. The molecule has 0 amide bonds. The van der Waals surface area contributed by atoms with Gasteiger partial charge in [-0.1, -0.05) is 45.7 Å². The standard InChI is InChI=1S/C16H9BrClNO2/c17-12-5-2-4-11(9-12)15-19-14(16(20)21-15)8-10-3-1-6-13(18)7-10/h1-9H/b14-8-. The summed E-state index contributed by atoms with van der Waals surface area (Å²) in [4.78, 5) is 16.1. The van der Waals surface area contributed by atoms with Crippen LogP contribution in [-0.4, -0.2) is 11.9 Å². The van der Waals surface area contributed by atoms with Crippen molar-refractivity contribution in [2.45, 2.75) is 0 Å². The molecule has 1 aliphatic heterocycles. The fraction of sp³-hybridized carbons (Fsp3) is 0. The Morgan fingerprint density at radius 1 is 1.14 bits per heavy atom. The molecule has 0 saturated heterocycles. The van der Waals surface area contributed by atoms with Crippen LogP contribution in [0.1, 0.15) is 11.1 Å². The van der Waals surface area contributed by atoms with Gasteiger partial charge in [0.2, 0.25) is 5.90 Å². The summed E-state index contributed by atoms with van der Waals surface area (Å²) in [6, 6.07) is 14.6. The molecular weight excluding hydrogens is 354 g/mol. The highest BCUT2D eigenvalue weighted by molar-refractivity contribution is 9.10. The summed E-state index contributed by atoms with van der Waals surface area (Å²) in [5.74, 6) is -0.167. The Morgan fingerprint density at radius 3 is 2.71 bits per heavy atom. The van der Waals surface area contributed by atoms with Gasteiger partial charge in [0.1, 0.15) is 0 Å². The lowest BCUT2D eigenvalue weighted by molar-refractivity contribution is -0.129. The zero-order valence-corrected chi connectivity index (χ0v) is 13.1. The van der Waals surface area contributed by atoms with E-state index < -0.39 is 5.97 Å². The van der Waals surface area contributed by atoms with E-state index in [1.165, 1.54) is 0 Å². The van der Waals surface area contributed by atoms with Crippen LogP contribution in [0.25, 0.3) is 6.08 Å².